The van der Waals surface area contributed by atoms with E-state index in [1.165, 1.54) is 48.7 Å². The summed E-state index contributed by atoms with van der Waals surface area (Å²) in [5.41, 5.74) is 0.211. The Bertz CT molecular complexity index is 857. The maximum absolute atomic E-state index is 13.1. The quantitative estimate of drug-likeness (QED) is 0.667. The first-order valence-electron chi connectivity index (χ1n) is 8.60. The fraction of sp³-hybridized carbons (Fsp3) is 0.250. The van der Waals surface area contributed by atoms with Gasteiger partial charge in [0.05, 0.1) is 18.3 Å². The van der Waals surface area contributed by atoms with E-state index in [-0.39, 0.29) is 23.8 Å². The molecule has 28 heavy (non-hydrogen) atoms. The lowest BCUT2D eigenvalue weighted by atomic mass is 10.0. The van der Waals surface area contributed by atoms with Crippen molar-refractivity contribution in [1.82, 2.24) is 10.6 Å². The van der Waals surface area contributed by atoms with E-state index in [1.54, 1.807) is 13.8 Å². The number of carbonyl (C=O) groups excluding carboxylic acids is 3. The van der Waals surface area contributed by atoms with Gasteiger partial charge >= 0.3 is 0 Å². The number of hydrogen-bond acceptors (Lipinski definition) is 5. The molecular formula is C20H20FN2O5-. The van der Waals surface area contributed by atoms with Gasteiger partial charge in [0.15, 0.2) is 5.76 Å². The summed E-state index contributed by atoms with van der Waals surface area (Å²) in [6.45, 7) is 3.60. The maximum atomic E-state index is 13.1. The van der Waals surface area contributed by atoms with Crippen LogP contribution in [0.1, 0.15) is 36.4 Å². The van der Waals surface area contributed by atoms with E-state index in [0.717, 1.165) is 0 Å². The second-order valence-corrected chi connectivity index (χ2v) is 6.52. The molecule has 1 heterocycles. The molecule has 0 saturated heterocycles. The minimum atomic E-state index is -1.43. The first kappa shape index (κ1) is 20.9. The summed E-state index contributed by atoms with van der Waals surface area (Å²) in [5, 5.41) is 16.0. The van der Waals surface area contributed by atoms with E-state index < -0.39 is 29.6 Å². The van der Waals surface area contributed by atoms with Crippen LogP contribution in [0.2, 0.25) is 0 Å². The molecule has 148 valence electrons. The van der Waals surface area contributed by atoms with Gasteiger partial charge in [-0.15, -0.1) is 0 Å². The van der Waals surface area contributed by atoms with Crippen LogP contribution in [-0.2, 0) is 9.59 Å². The Labute approximate surface area is 161 Å². The highest BCUT2D eigenvalue weighted by Gasteiger charge is 2.21. The van der Waals surface area contributed by atoms with Gasteiger partial charge in [-0.2, -0.15) is 0 Å². The highest BCUT2D eigenvalue weighted by atomic mass is 19.1. The van der Waals surface area contributed by atoms with Gasteiger partial charge in [0, 0.05) is 0 Å². The summed E-state index contributed by atoms with van der Waals surface area (Å²) in [4.78, 5) is 36.2. The van der Waals surface area contributed by atoms with Crippen molar-refractivity contribution in [2.75, 3.05) is 0 Å². The van der Waals surface area contributed by atoms with Crippen molar-refractivity contribution >= 4 is 23.9 Å². The monoisotopic (exact) mass is 387 g/mol. The van der Waals surface area contributed by atoms with Crippen LogP contribution in [0.4, 0.5) is 4.39 Å². The van der Waals surface area contributed by atoms with Crippen LogP contribution in [0.3, 0.4) is 0 Å². The van der Waals surface area contributed by atoms with Crippen molar-refractivity contribution in [1.29, 1.82) is 0 Å². The minimum absolute atomic E-state index is 0.00885. The summed E-state index contributed by atoms with van der Waals surface area (Å²) in [5.74, 6) is -3.44. The topological polar surface area (TPSA) is 111 Å². The molecule has 7 nitrogen and oxygen atoms in total. The molecule has 0 bridgehead atoms. The molecule has 2 N–H and O–H groups in total. The van der Waals surface area contributed by atoms with Crippen LogP contribution >= 0.6 is 0 Å². The predicted octanol–water partition coefficient (Wildman–Crippen LogP) is 1.47. The number of amides is 2. The Kier molecular flexibility index (Phi) is 7.08. The molecule has 0 radical (unpaired) electrons. The Morgan fingerprint density at radius 3 is 2.39 bits per heavy atom. The first-order chi connectivity index (χ1) is 13.3. The molecule has 1 aromatic carbocycles. The summed E-state index contributed by atoms with van der Waals surface area (Å²) < 4.78 is 18.1. The zero-order valence-electron chi connectivity index (χ0n) is 15.4. The number of benzene rings is 1. The molecule has 1 atom stereocenters. The first-order valence-corrected chi connectivity index (χ1v) is 8.60. The van der Waals surface area contributed by atoms with Gasteiger partial charge in [0.1, 0.15) is 11.5 Å². The number of furan rings is 1. The largest absolute Gasteiger partial charge is 0.548 e. The standard InChI is InChI=1S/C20H21FN2O5/c1-12(2)10-16(20(26)27)23-18(24)15(11-13-5-7-14(21)8-6-13)22-19(25)17-4-3-9-28-17/h3-9,11-12,16H,10H2,1-2H3,(H,22,25)(H,23,24)(H,26,27)/p-1/b15-11-/t16-/m1/s1. The van der Waals surface area contributed by atoms with Crippen molar-refractivity contribution in [2.45, 2.75) is 26.3 Å². The number of rotatable bonds is 8. The number of carboxylic acid groups (broad SMARTS) is 1. The fourth-order valence-electron chi connectivity index (χ4n) is 2.40. The van der Waals surface area contributed by atoms with Gasteiger partial charge in [-0.05, 0) is 48.2 Å². The predicted molar refractivity (Wildman–Crippen MR) is 96.9 cm³/mol. The Balaban J connectivity index is 2.28. The minimum Gasteiger partial charge on any atom is -0.548 e. The molecule has 0 spiro atoms. The zero-order valence-corrected chi connectivity index (χ0v) is 15.4. The molecule has 2 aromatic rings. The van der Waals surface area contributed by atoms with Crippen molar-refractivity contribution in [3.05, 3.63) is 65.5 Å². The van der Waals surface area contributed by atoms with Crippen LogP contribution in [-0.4, -0.2) is 23.8 Å². The lowest BCUT2D eigenvalue weighted by Crippen LogP contribution is -2.50. The molecular weight excluding hydrogens is 367 g/mol. The lowest BCUT2D eigenvalue weighted by molar-refractivity contribution is -0.308. The smallest absolute Gasteiger partial charge is 0.291 e. The molecule has 1 aromatic heterocycles. The number of hydrogen-bond donors (Lipinski definition) is 2. The summed E-state index contributed by atoms with van der Waals surface area (Å²) >= 11 is 0. The summed E-state index contributed by atoms with van der Waals surface area (Å²) in [7, 11) is 0. The van der Waals surface area contributed by atoms with Crippen LogP contribution < -0.4 is 15.7 Å². The molecule has 0 aliphatic carbocycles. The van der Waals surface area contributed by atoms with E-state index in [4.69, 9.17) is 4.42 Å². The van der Waals surface area contributed by atoms with Crippen LogP contribution in [0.5, 0.6) is 0 Å². The van der Waals surface area contributed by atoms with E-state index in [0.29, 0.717) is 5.56 Å². The molecule has 2 amide bonds. The highest BCUT2D eigenvalue weighted by Crippen LogP contribution is 2.10. The Hall–Kier alpha value is -3.42. The third-order valence-corrected chi connectivity index (χ3v) is 3.72. The third kappa shape index (κ3) is 6.08. The number of nitrogens with one attached hydrogen (secondary N) is 2. The van der Waals surface area contributed by atoms with Gasteiger partial charge in [-0.3, -0.25) is 9.59 Å². The average Bonchev–Trinajstić information content (AvgIpc) is 3.16. The Morgan fingerprint density at radius 1 is 1.18 bits per heavy atom. The third-order valence-electron chi connectivity index (χ3n) is 3.72. The van der Waals surface area contributed by atoms with Gasteiger partial charge in [0.25, 0.3) is 11.8 Å². The molecule has 0 saturated carbocycles. The molecule has 2 rings (SSSR count). The average molecular weight is 387 g/mol. The second kappa shape index (κ2) is 9.50. The zero-order chi connectivity index (χ0) is 20.7. The second-order valence-electron chi connectivity index (χ2n) is 6.52. The SMILES string of the molecule is CC(C)C[C@@H](NC(=O)/C(=C/c1ccc(F)cc1)NC(=O)c1ccco1)C(=O)[O-]. The molecule has 8 heteroatoms. The van der Waals surface area contributed by atoms with Crippen molar-refractivity contribution in [2.24, 2.45) is 5.92 Å². The van der Waals surface area contributed by atoms with Gasteiger partial charge in [0.2, 0.25) is 0 Å². The molecule has 0 unspecified atom stereocenters. The van der Waals surface area contributed by atoms with E-state index in [9.17, 15) is 23.9 Å². The number of aliphatic carboxylic acids is 1. The normalized spacial score (nSPS) is 12.5. The van der Waals surface area contributed by atoms with Gasteiger partial charge in [-0.25, -0.2) is 4.39 Å². The highest BCUT2D eigenvalue weighted by molar-refractivity contribution is 6.05. The Morgan fingerprint density at radius 2 is 1.86 bits per heavy atom. The van der Waals surface area contributed by atoms with Crippen molar-refractivity contribution in [3.8, 4) is 0 Å². The van der Waals surface area contributed by atoms with Crippen LogP contribution in [0.25, 0.3) is 6.08 Å². The number of carboxylic acids is 1. The molecule has 0 aliphatic heterocycles. The lowest BCUT2D eigenvalue weighted by Gasteiger charge is -2.22. The number of halogens is 1. The fourth-order valence-corrected chi connectivity index (χ4v) is 2.40. The van der Waals surface area contributed by atoms with Crippen molar-refractivity contribution in [3.63, 3.8) is 0 Å². The van der Waals surface area contributed by atoms with Gasteiger partial charge < -0.3 is 25.0 Å². The van der Waals surface area contributed by atoms with Gasteiger partial charge in [-0.1, -0.05) is 26.0 Å². The van der Waals surface area contributed by atoms with Crippen molar-refractivity contribution < 1.29 is 28.3 Å². The molecule has 0 fully saturated rings. The van der Waals surface area contributed by atoms with Crippen LogP contribution in [0.15, 0.2) is 52.8 Å². The van der Waals surface area contributed by atoms with E-state index >= 15 is 0 Å². The summed E-state index contributed by atoms with van der Waals surface area (Å²) in [6, 6.07) is 6.89. The van der Waals surface area contributed by atoms with Crippen LogP contribution in [0, 0.1) is 11.7 Å². The number of carbonyl (C=O) groups is 3. The maximum Gasteiger partial charge on any atom is 0.291 e. The summed E-state index contributed by atoms with van der Waals surface area (Å²) in [6.07, 6.45) is 2.76. The van der Waals surface area contributed by atoms with E-state index in [1.807, 2.05) is 0 Å². The van der Waals surface area contributed by atoms with E-state index in [2.05, 4.69) is 10.6 Å². The molecule has 0 aliphatic rings.